The first-order valence-electron chi connectivity index (χ1n) is 12.1. The first kappa shape index (κ1) is 23.6. The average molecular weight is 538 g/mol. The fourth-order valence-electron chi connectivity index (χ4n) is 5.40. The monoisotopic (exact) mass is 538 g/mol. The van der Waals surface area contributed by atoms with Gasteiger partial charge in [-0.25, -0.2) is 0 Å². The second-order valence-corrected chi connectivity index (χ2v) is 9.50. The molecule has 0 aliphatic carbocycles. The molecule has 4 aromatic carbocycles. The molecule has 2 aliphatic heterocycles. The van der Waals surface area contributed by atoms with Crippen LogP contribution in [0.25, 0.3) is 22.3 Å². The lowest BCUT2D eigenvalue weighted by Crippen LogP contribution is -2.39. The Labute approximate surface area is 224 Å². The summed E-state index contributed by atoms with van der Waals surface area (Å²) < 4.78 is 18.4. The fourth-order valence-corrected chi connectivity index (χ4v) is 5.40. The summed E-state index contributed by atoms with van der Waals surface area (Å²) in [6, 6.07) is 19.3. The van der Waals surface area contributed by atoms with E-state index in [2.05, 4.69) is 0 Å². The van der Waals surface area contributed by atoms with Crippen LogP contribution in [0, 0.1) is 0 Å². The summed E-state index contributed by atoms with van der Waals surface area (Å²) in [7, 11) is 0. The van der Waals surface area contributed by atoms with Gasteiger partial charge in [0.25, 0.3) is 5.79 Å². The van der Waals surface area contributed by atoms with E-state index in [-0.39, 0.29) is 22.4 Å². The normalized spacial score (nSPS) is 20.9. The fraction of sp³-hybridized carbons (Fsp3) is 0.0667. The molecule has 40 heavy (non-hydrogen) atoms. The number of carbonyl (C=O) groups is 1. The molecular weight excluding hydrogens is 520 g/mol. The molecule has 2 unspecified atom stereocenters. The maximum Gasteiger partial charge on any atom is 0.280 e. The number of benzene rings is 4. The summed E-state index contributed by atoms with van der Waals surface area (Å²) >= 11 is 0. The maximum atomic E-state index is 14.2. The molecule has 2 atom stereocenters. The molecule has 1 fully saturated rings. The van der Waals surface area contributed by atoms with E-state index in [9.17, 15) is 35.1 Å². The van der Waals surface area contributed by atoms with E-state index in [1.54, 1.807) is 48.5 Å². The quantitative estimate of drug-likeness (QED) is 0.164. The molecule has 0 amide bonds. The molecule has 198 valence electrons. The highest BCUT2D eigenvalue weighted by Gasteiger charge is 2.83. The third kappa shape index (κ3) is 2.85. The van der Waals surface area contributed by atoms with Crippen molar-refractivity contribution in [3.8, 4) is 45.8 Å². The number of rotatable bonds is 3. The predicted octanol–water partition coefficient (Wildman–Crippen LogP) is 4.34. The lowest BCUT2D eigenvalue weighted by molar-refractivity contribution is 0.0557. The summed E-state index contributed by atoms with van der Waals surface area (Å²) in [5.74, 6) is -5.85. The van der Waals surface area contributed by atoms with Gasteiger partial charge in [0.15, 0.2) is 22.8 Å². The zero-order chi connectivity index (χ0) is 28.0. The molecule has 10 nitrogen and oxygen atoms in total. The summed E-state index contributed by atoms with van der Waals surface area (Å²) in [6.07, 6.45) is 0. The Morgan fingerprint density at radius 3 is 2.17 bits per heavy atom. The van der Waals surface area contributed by atoms with Crippen LogP contribution < -0.4 is 10.2 Å². The van der Waals surface area contributed by atoms with E-state index < -0.39 is 68.1 Å². The zero-order valence-corrected chi connectivity index (χ0v) is 20.3. The predicted molar refractivity (Wildman–Crippen MR) is 139 cm³/mol. The minimum atomic E-state index is -2.06. The van der Waals surface area contributed by atoms with Crippen LogP contribution in [0.5, 0.6) is 34.5 Å². The zero-order valence-electron chi connectivity index (χ0n) is 20.3. The molecule has 10 heteroatoms. The molecule has 0 saturated carbocycles. The molecule has 7 rings (SSSR count). The standard InChI is InChI=1S/C30H18O10/c31-17-11-10-14(12-18(17)32)26-25(36)24(35)22-19(33)13-20(34)23(27(22)38-26)29-28(37)16-8-4-5-9-21(16)39-30(29,40-29)15-6-2-1-3-7-15/h1-13,31-34,36H. The van der Waals surface area contributed by atoms with Crippen molar-refractivity contribution in [2.45, 2.75) is 11.4 Å². The highest BCUT2D eigenvalue weighted by atomic mass is 16.8. The van der Waals surface area contributed by atoms with E-state index in [1.165, 1.54) is 12.1 Å². The van der Waals surface area contributed by atoms with Gasteiger partial charge in [0.1, 0.15) is 22.6 Å². The van der Waals surface area contributed by atoms with Gasteiger partial charge in [0.05, 0.1) is 11.1 Å². The number of hydrogen-bond donors (Lipinski definition) is 5. The maximum absolute atomic E-state index is 14.2. The number of aromatic hydroxyl groups is 5. The van der Waals surface area contributed by atoms with E-state index in [0.29, 0.717) is 5.56 Å². The number of hydrogen-bond acceptors (Lipinski definition) is 10. The third-order valence-corrected chi connectivity index (χ3v) is 7.27. The molecule has 2 aliphatic rings. The topological polar surface area (TPSA) is 170 Å². The van der Waals surface area contributed by atoms with Crippen molar-refractivity contribution in [1.82, 2.24) is 0 Å². The highest BCUT2D eigenvalue weighted by Crippen LogP contribution is 2.69. The molecule has 0 bridgehead atoms. The number of phenolic OH excluding ortho intramolecular Hbond substituents is 4. The van der Waals surface area contributed by atoms with E-state index >= 15 is 0 Å². The van der Waals surface area contributed by atoms with Gasteiger partial charge in [0, 0.05) is 17.2 Å². The van der Waals surface area contributed by atoms with E-state index in [4.69, 9.17) is 13.9 Å². The van der Waals surface area contributed by atoms with Crippen molar-refractivity contribution in [3.63, 3.8) is 0 Å². The smallest absolute Gasteiger partial charge is 0.280 e. The largest absolute Gasteiger partial charge is 0.507 e. The molecule has 1 aromatic heterocycles. The lowest BCUT2D eigenvalue weighted by Gasteiger charge is -2.28. The number of ether oxygens (including phenoxy) is 2. The molecule has 5 N–H and O–H groups in total. The van der Waals surface area contributed by atoms with Crippen LogP contribution in [0.15, 0.2) is 88.1 Å². The van der Waals surface area contributed by atoms with Crippen molar-refractivity contribution in [2.75, 3.05) is 0 Å². The second kappa shape index (κ2) is 7.78. The van der Waals surface area contributed by atoms with Gasteiger partial charge in [-0.2, -0.15) is 0 Å². The van der Waals surface area contributed by atoms with Gasteiger partial charge < -0.3 is 39.4 Å². The van der Waals surface area contributed by atoms with Crippen molar-refractivity contribution >= 4 is 16.8 Å². The number of epoxide rings is 1. The Balaban J connectivity index is 1.59. The molecule has 5 aromatic rings. The Morgan fingerprint density at radius 1 is 0.700 bits per heavy atom. The number of phenols is 4. The molecule has 0 radical (unpaired) electrons. The van der Waals surface area contributed by atoms with Gasteiger partial charge in [-0.05, 0) is 30.3 Å². The van der Waals surface area contributed by atoms with Crippen LogP contribution in [-0.2, 0) is 16.1 Å². The molecular formula is C30H18O10. The molecule has 3 heterocycles. The van der Waals surface area contributed by atoms with Gasteiger partial charge in [-0.3, -0.25) is 9.59 Å². The minimum Gasteiger partial charge on any atom is -0.507 e. The Kier molecular flexibility index (Phi) is 4.59. The van der Waals surface area contributed by atoms with Crippen LogP contribution in [0.4, 0.5) is 0 Å². The van der Waals surface area contributed by atoms with Crippen LogP contribution in [0.3, 0.4) is 0 Å². The van der Waals surface area contributed by atoms with Gasteiger partial charge >= 0.3 is 0 Å². The second-order valence-electron chi connectivity index (χ2n) is 9.50. The van der Waals surface area contributed by atoms with Gasteiger partial charge in [-0.15, -0.1) is 0 Å². The van der Waals surface area contributed by atoms with E-state index in [1.807, 2.05) is 0 Å². The molecule has 0 spiro atoms. The van der Waals surface area contributed by atoms with Crippen LogP contribution >= 0.6 is 0 Å². The number of Topliss-reactive ketones (excluding diaryl/α,β-unsaturated/α-hetero) is 1. The first-order valence-corrected chi connectivity index (χ1v) is 12.1. The van der Waals surface area contributed by atoms with E-state index in [0.717, 1.165) is 18.2 Å². The Bertz CT molecular complexity index is 1960. The number of ketones is 1. The van der Waals surface area contributed by atoms with Crippen LogP contribution in [0.2, 0.25) is 0 Å². The van der Waals surface area contributed by atoms with Gasteiger partial charge in [-0.1, -0.05) is 42.5 Å². The van der Waals surface area contributed by atoms with Crippen molar-refractivity contribution in [3.05, 3.63) is 106 Å². The summed E-state index contributed by atoms with van der Waals surface area (Å²) in [5.41, 5.74) is -3.31. The SMILES string of the molecule is O=C1c2ccccc2OC2(c3ccccc3)OC12c1c(O)cc(O)c2c(=O)c(O)c(-c3ccc(O)c(O)c3)oc12. The molecule has 1 saturated heterocycles. The number of carbonyl (C=O) groups excluding carboxylic acids is 1. The van der Waals surface area contributed by atoms with Crippen molar-refractivity contribution in [2.24, 2.45) is 0 Å². The van der Waals surface area contributed by atoms with Crippen molar-refractivity contribution in [1.29, 1.82) is 0 Å². The first-order chi connectivity index (χ1) is 19.2. The Hall–Kier alpha value is -5.48. The average Bonchev–Trinajstić information content (AvgIpc) is 3.63. The lowest BCUT2D eigenvalue weighted by atomic mass is 9.79. The van der Waals surface area contributed by atoms with Gasteiger partial charge in [0.2, 0.25) is 22.6 Å². The number of para-hydroxylation sites is 1. The van der Waals surface area contributed by atoms with Crippen LogP contribution in [-0.4, -0.2) is 31.3 Å². The summed E-state index contributed by atoms with van der Waals surface area (Å²) in [6.45, 7) is 0. The summed E-state index contributed by atoms with van der Waals surface area (Å²) in [4.78, 5) is 27.6. The Morgan fingerprint density at radius 2 is 1.43 bits per heavy atom. The minimum absolute atomic E-state index is 0.0133. The van der Waals surface area contributed by atoms with Crippen LogP contribution in [0.1, 0.15) is 21.5 Å². The van der Waals surface area contributed by atoms with Crippen molar-refractivity contribution < 1.29 is 44.2 Å². The third-order valence-electron chi connectivity index (χ3n) is 7.27. The highest BCUT2D eigenvalue weighted by molar-refractivity contribution is 6.11. The summed E-state index contributed by atoms with van der Waals surface area (Å²) in [5, 5.41) is 51.8. The number of fused-ring (bicyclic) bond motifs is 3.